The van der Waals surface area contributed by atoms with Crippen LogP contribution in [0.15, 0.2) is 215 Å². The molecule has 0 radical (unpaired) electrons. The minimum atomic E-state index is 0.571. The first-order chi connectivity index (χ1) is 32.2. The fourth-order valence-electron chi connectivity index (χ4n) is 9.97. The molecule has 0 spiro atoms. The van der Waals surface area contributed by atoms with Crippen LogP contribution in [0.1, 0.15) is 0 Å². The zero-order valence-electron chi connectivity index (χ0n) is 34.7. The van der Waals surface area contributed by atoms with E-state index in [1.54, 1.807) is 0 Å². The molecule has 6 heteroatoms. The summed E-state index contributed by atoms with van der Waals surface area (Å²) >= 11 is 0. The Kier molecular flexibility index (Phi) is 7.59. The molecule has 14 aromatic rings. The molecule has 0 fully saturated rings. The van der Waals surface area contributed by atoms with Crippen molar-refractivity contribution in [1.29, 1.82) is 0 Å². The topological polar surface area (TPSA) is 69.9 Å². The zero-order valence-corrected chi connectivity index (χ0v) is 34.7. The molecule has 0 bridgehead atoms. The fourth-order valence-corrected chi connectivity index (χ4v) is 9.97. The van der Waals surface area contributed by atoms with E-state index in [2.05, 4.69) is 156 Å². The van der Waals surface area contributed by atoms with Crippen molar-refractivity contribution in [3.63, 3.8) is 0 Å². The van der Waals surface area contributed by atoms with Crippen molar-refractivity contribution in [1.82, 2.24) is 19.5 Å². The maximum atomic E-state index is 6.46. The molecule has 65 heavy (non-hydrogen) atoms. The van der Waals surface area contributed by atoms with E-state index in [4.69, 9.17) is 23.8 Å². The molecule has 0 saturated heterocycles. The van der Waals surface area contributed by atoms with Gasteiger partial charge in [-0.2, -0.15) is 0 Å². The van der Waals surface area contributed by atoms with E-state index in [-0.39, 0.29) is 0 Å². The molecule has 0 atom stereocenters. The maximum Gasteiger partial charge on any atom is 0.164 e. The van der Waals surface area contributed by atoms with Crippen LogP contribution in [0, 0.1) is 0 Å². The van der Waals surface area contributed by atoms with Crippen molar-refractivity contribution < 1.29 is 8.83 Å². The number of fused-ring (bicyclic) bond motifs is 12. The van der Waals surface area contributed by atoms with Gasteiger partial charge in [-0.1, -0.05) is 146 Å². The third kappa shape index (κ3) is 5.57. The Labute approximate surface area is 371 Å². The monoisotopic (exact) mass is 830 g/mol. The van der Waals surface area contributed by atoms with Gasteiger partial charge in [0.15, 0.2) is 17.5 Å². The number of rotatable bonds is 5. The average molecular weight is 831 g/mol. The first-order valence-corrected chi connectivity index (χ1v) is 21.8. The van der Waals surface area contributed by atoms with E-state index in [9.17, 15) is 0 Å². The van der Waals surface area contributed by atoms with Gasteiger partial charge >= 0.3 is 0 Å². The zero-order chi connectivity index (χ0) is 42.6. The number of furan rings is 2. The van der Waals surface area contributed by atoms with Crippen LogP contribution in [0.3, 0.4) is 0 Å². The minimum Gasteiger partial charge on any atom is -0.456 e. The van der Waals surface area contributed by atoms with Crippen LogP contribution in [-0.2, 0) is 0 Å². The highest BCUT2D eigenvalue weighted by Crippen LogP contribution is 2.43. The summed E-state index contributed by atoms with van der Waals surface area (Å²) in [7, 11) is 0. The Balaban J connectivity index is 0.993. The third-order valence-corrected chi connectivity index (χ3v) is 13.0. The van der Waals surface area contributed by atoms with Gasteiger partial charge in [-0.15, -0.1) is 0 Å². The second kappa shape index (κ2) is 13.8. The molecule has 14 rings (SSSR count). The van der Waals surface area contributed by atoms with E-state index in [0.29, 0.717) is 17.5 Å². The van der Waals surface area contributed by atoms with Crippen LogP contribution >= 0.6 is 0 Å². The number of para-hydroxylation sites is 2. The molecule has 0 amide bonds. The van der Waals surface area contributed by atoms with E-state index in [0.717, 1.165) is 88.4 Å². The number of hydrogen-bond donors (Lipinski definition) is 0. The summed E-state index contributed by atoms with van der Waals surface area (Å²) in [5, 5.41) is 11.5. The summed E-state index contributed by atoms with van der Waals surface area (Å²) in [4.78, 5) is 15.4. The molecule has 302 valence electrons. The van der Waals surface area contributed by atoms with Crippen LogP contribution in [0.2, 0.25) is 0 Å². The van der Waals surface area contributed by atoms with E-state index in [1.165, 1.54) is 32.3 Å². The largest absolute Gasteiger partial charge is 0.456 e. The Hall–Kier alpha value is -8.87. The van der Waals surface area contributed by atoms with E-state index >= 15 is 0 Å². The fraction of sp³-hybridized carbons (Fsp3) is 0. The first kappa shape index (κ1) is 35.7. The Morgan fingerprint density at radius 1 is 0.323 bits per heavy atom. The van der Waals surface area contributed by atoms with Crippen LogP contribution in [0.25, 0.3) is 138 Å². The highest BCUT2D eigenvalue weighted by Gasteiger charge is 2.21. The highest BCUT2D eigenvalue weighted by molar-refractivity contribution is 6.21. The summed E-state index contributed by atoms with van der Waals surface area (Å²) in [6.45, 7) is 0. The molecule has 0 aliphatic heterocycles. The maximum absolute atomic E-state index is 6.46. The highest BCUT2D eigenvalue weighted by atomic mass is 16.3. The van der Waals surface area contributed by atoms with Crippen LogP contribution in [0.4, 0.5) is 0 Å². The SMILES string of the molecule is c1ccc(-c2nc(-c3cccc(-n4c5cc6ccccc6cc5c5cccc(-c6ccc7oc8ccc9ccccc9c8c7c6)c54)c3)nc(-c3ccc4c(c3)oc3ccccc34)n2)cc1. The van der Waals surface area contributed by atoms with Crippen molar-refractivity contribution in [2.75, 3.05) is 0 Å². The molecule has 0 aliphatic rings. The van der Waals surface area contributed by atoms with Crippen molar-refractivity contribution >= 4 is 87.2 Å². The van der Waals surface area contributed by atoms with Crippen LogP contribution in [-0.4, -0.2) is 19.5 Å². The minimum absolute atomic E-state index is 0.571. The standard InChI is InChI=1S/C59H34N4O2/c1-2-13-36(14-3-1)57-60-58(62-59(61-57)41-24-27-46-45-20-8-9-23-51(45)65-54(46)34-41)40-17-10-18-42(30-40)63-50-33-38-16-5-4-15-37(38)31-48(50)47-22-11-21-44(56(47)63)39-26-28-52-49(32-39)55-43-19-7-6-12-35(43)25-29-53(55)64-52/h1-34H. The smallest absolute Gasteiger partial charge is 0.164 e. The predicted octanol–water partition coefficient (Wildman–Crippen LogP) is 15.7. The van der Waals surface area contributed by atoms with Gasteiger partial charge in [0.05, 0.1) is 11.0 Å². The Bertz CT molecular complexity index is 4250. The van der Waals surface area contributed by atoms with Gasteiger partial charge in [0.25, 0.3) is 0 Å². The number of benzene rings is 10. The van der Waals surface area contributed by atoms with Crippen molar-refractivity contribution in [3.05, 3.63) is 206 Å². The van der Waals surface area contributed by atoms with Gasteiger partial charge < -0.3 is 13.4 Å². The van der Waals surface area contributed by atoms with Gasteiger partial charge in [0, 0.05) is 60.3 Å². The lowest BCUT2D eigenvalue weighted by Crippen LogP contribution is -2.01. The molecule has 0 saturated carbocycles. The Morgan fingerprint density at radius 2 is 0.938 bits per heavy atom. The lowest BCUT2D eigenvalue weighted by atomic mass is 9.98. The summed E-state index contributed by atoms with van der Waals surface area (Å²) in [6.07, 6.45) is 0. The summed E-state index contributed by atoms with van der Waals surface area (Å²) < 4.78 is 15.2. The molecule has 4 aromatic heterocycles. The molecule has 6 nitrogen and oxygen atoms in total. The second-order valence-electron chi connectivity index (χ2n) is 16.8. The predicted molar refractivity (Wildman–Crippen MR) is 265 cm³/mol. The number of aromatic nitrogens is 4. The summed E-state index contributed by atoms with van der Waals surface area (Å²) in [6, 6.07) is 72.3. The van der Waals surface area contributed by atoms with Gasteiger partial charge in [0.1, 0.15) is 22.3 Å². The molecule has 4 heterocycles. The van der Waals surface area contributed by atoms with Gasteiger partial charge in [-0.25, -0.2) is 15.0 Å². The number of hydrogen-bond acceptors (Lipinski definition) is 5. The Morgan fingerprint density at radius 3 is 1.80 bits per heavy atom. The van der Waals surface area contributed by atoms with Gasteiger partial charge in [-0.3, -0.25) is 0 Å². The molecule has 10 aromatic carbocycles. The molecule has 0 unspecified atom stereocenters. The molecule has 0 N–H and O–H groups in total. The van der Waals surface area contributed by atoms with Crippen LogP contribution < -0.4 is 0 Å². The van der Waals surface area contributed by atoms with Crippen molar-refractivity contribution in [3.8, 4) is 51.0 Å². The lowest BCUT2D eigenvalue weighted by Gasteiger charge is -2.14. The first-order valence-electron chi connectivity index (χ1n) is 21.8. The second-order valence-corrected chi connectivity index (χ2v) is 16.8. The quantitative estimate of drug-likeness (QED) is 0.173. The van der Waals surface area contributed by atoms with Crippen molar-refractivity contribution in [2.45, 2.75) is 0 Å². The number of nitrogens with zero attached hydrogens (tertiary/aromatic N) is 4. The van der Waals surface area contributed by atoms with Crippen molar-refractivity contribution in [2.24, 2.45) is 0 Å². The summed E-state index contributed by atoms with van der Waals surface area (Å²) in [5.41, 5.74) is 11.5. The normalized spacial score (nSPS) is 12.0. The summed E-state index contributed by atoms with van der Waals surface area (Å²) in [5.74, 6) is 1.75. The molecular formula is C59H34N4O2. The van der Waals surface area contributed by atoms with Crippen LogP contribution in [0.5, 0.6) is 0 Å². The average Bonchev–Trinajstić information content (AvgIpc) is 4.05. The molecule has 0 aliphatic carbocycles. The van der Waals surface area contributed by atoms with Gasteiger partial charge in [0.2, 0.25) is 0 Å². The van der Waals surface area contributed by atoms with E-state index in [1.807, 2.05) is 54.6 Å². The molecular weight excluding hydrogens is 797 g/mol. The third-order valence-electron chi connectivity index (χ3n) is 13.0. The van der Waals surface area contributed by atoms with E-state index < -0.39 is 0 Å². The lowest BCUT2D eigenvalue weighted by molar-refractivity contribution is 0.668. The van der Waals surface area contributed by atoms with Gasteiger partial charge in [-0.05, 0) is 87.8 Å².